The maximum atomic E-state index is 5.40. The van der Waals surface area contributed by atoms with E-state index in [1.165, 1.54) is 24.9 Å². The van der Waals surface area contributed by atoms with Gasteiger partial charge in [-0.2, -0.15) is 0 Å². The monoisotopic (exact) mass is 248 g/mol. The van der Waals surface area contributed by atoms with Crippen molar-refractivity contribution in [2.24, 2.45) is 0 Å². The number of ether oxygens (including phenoxy) is 2. The third kappa shape index (κ3) is 2.60. The minimum absolute atomic E-state index is 0.348. The normalized spacial score (nSPS) is 21.8. The predicted octanol–water partition coefficient (Wildman–Crippen LogP) is 1.60. The first-order valence-corrected chi connectivity index (χ1v) is 6.62. The summed E-state index contributed by atoms with van der Waals surface area (Å²) in [6.07, 6.45) is 2.61. The summed E-state index contributed by atoms with van der Waals surface area (Å²) in [4.78, 5) is 2.36. The van der Waals surface area contributed by atoms with Crippen molar-refractivity contribution in [3.8, 4) is 11.5 Å². The van der Waals surface area contributed by atoms with Crippen LogP contribution < -0.4 is 14.8 Å². The smallest absolute Gasteiger partial charge is 0.231 e. The summed E-state index contributed by atoms with van der Waals surface area (Å²) in [6.45, 7) is 3.58. The average Bonchev–Trinajstić information content (AvgIpc) is 2.98. The van der Waals surface area contributed by atoms with E-state index in [4.69, 9.17) is 9.47 Å². The molecule has 1 aromatic carbocycles. The lowest BCUT2D eigenvalue weighted by atomic mass is 10.1. The fraction of sp³-hybridized carbons (Fsp3) is 0.571. The van der Waals surface area contributed by atoms with Gasteiger partial charge in [-0.1, -0.05) is 6.07 Å². The Bertz CT molecular complexity index is 416. The second-order valence-electron chi connectivity index (χ2n) is 5.18. The van der Waals surface area contributed by atoms with Gasteiger partial charge in [-0.25, -0.2) is 0 Å². The predicted molar refractivity (Wildman–Crippen MR) is 69.9 cm³/mol. The summed E-state index contributed by atoms with van der Waals surface area (Å²) in [5.74, 6) is 1.73. The van der Waals surface area contributed by atoms with Crippen LogP contribution >= 0.6 is 0 Å². The van der Waals surface area contributed by atoms with Gasteiger partial charge in [0.05, 0.1) is 0 Å². The van der Waals surface area contributed by atoms with Gasteiger partial charge < -0.3 is 19.7 Å². The van der Waals surface area contributed by atoms with Gasteiger partial charge in [-0.3, -0.25) is 0 Å². The molecule has 1 unspecified atom stereocenters. The highest BCUT2D eigenvalue weighted by Crippen LogP contribution is 2.32. The molecular weight excluding hydrogens is 228 g/mol. The number of hydrogen-bond donors (Lipinski definition) is 1. The summed E-state index contributed by atoms with van der Waals surface area (Å²) in [7, 11) is 2.17. The Hall–Kier alpha value is -1.26. The van der Waals surface area contributed by atoms with Crippen molar-refractivity contribution in [2.75, 3.05) is 26.9 Å². The van der Waals surface area contributed by atoms with Crippen LogP contribution in [0, 0.1) is 0 Å². The van der Waals surface area contributed by atoms with E-state index in [1.54, 1.807) is 0 Å². The van der Waals surface area contributed by atoms with Crippen LogP contribution in [0.4, 0.5) is 0 Å². The summed E-state index contributed by atoms with van der Waals surface area (Å²) in [5.41, 5.74) is 1.28. The molecule has 0 bridgehead atoms. The zero-order valence-electron chi connectivity index (χ0n) is 10.8. The topological polar surface area (TPSA) is 33.7 Å². The molecule has 0 aliphatic carbocycles. The number of rotatable bonds is 4. The van der Waals surface area contributed by atoms with Crippen LogP contribution in [-0.4, -0.2) is 37.9 Å². The molecule has 18 heavy (non-hydrogen) atoms. The first-order valence-electron chi connectivity index (χ1n) is 6.62. The quantitative estimate of drug-likeness (QED) is 0.877. The van der Waals surface area contributed by atoms with Crippen LogP contribution in [0.1, 0.15) is 18.4 Å². The Balaban J connectivity index is 1.58. The Kier molecular flexibility index (Phi) is 3.39. The summed E-state index contributed by atoms with van der Waals surface area (Å²) < 4.78 is 10.7. The Morgan fingerprint density at radius 3 is 3.06 bits per heavy atom. The molecular formula is C14H20N2O2. The van der Waals surface area contributed by atoms with Gasteiger partial charge in [-0.05, 0) is 44.1 Å². The summed E-state index contributed by atoms with van der Waals surface area (Å²) in [5, 5.41) is 3.53. The maximum absolute atomic E-state index is 5.40. The maximum Gasteiger partial charge on any atom is 0.231 e. The Morgan fingerprint density at radius 1 is 1.33 bits per heavy atom. The number of nitrogens with zero attached hydrogens (tertiary/aromatic N) is 1. The summed E-state index contributed by atoms with van der Waals surface area (Å²) >= 11 is 0. The Morgan fingerprint density at radius 2 is 2.22 bits per heavy atom. The highest BCUT2D eigenvalue weighted by Gasteiger charge is 2.17. The van der Waals surface area contributed by atoms with Gasteiger partial charge in [0.2, 0.25) is 6.79 Å². The highest BCUT2D eigenvalue weighted by molar-refractivity contribution is 5.44. The fourth-order valence-corrected chi connectivity index (χ4v) is 2.70. The molecule has 4 heteroatoms. The second-order valence-corrected chi connectivity index (χ2v) is 5.18. The fourth-order valence-electron chi connectivity index (χ4n) is 2.70. The standard InChI is InChI=1S/C14H20N2O2/c1-16(9-12-3-2-6-15-12)8-11-4-5-13-14(7-11)18-10-17-13/h4-5,7,12,15H,2-3,6,8-10H2,1H3. The van der Waals surface area contributed by atoms with Crippen LogP contribution in [0.3, 0.4) is 0 Å². The molecule has 0 spiro atoms. The molecule has 2 aliphatic rings. The van der Waals surface area contributed by atoms with Crippen LogP contribution in [0.2, 0.25) is 0 Å². The van der Waals surface area contributed by atoms with E-state index >= 15 is 0 Å². The number of benzene rings is 1. The first kappa shape index (κ1) is 11.8. The van der Waals surface area contributed by atoms with Crippen molar-refractivity contribution in [1.82, 2.24) is 10.2 Å². The van der Waals surface area contributed by atoms with Crippen molar-refractivity contribution in [1.29, 1.82) is 0 Å². The third-order valence-electron chi connectivity index (χ3n) is 3.58. The van der Waals surface area contributed by atoms with Crippen LogP contribution in [0.5, 0.6) is 11.5 Å². The molecule has 2 heterocycles. The lowest BCUT2D eigenvalue weighted by molar-refractivity contribution is 0.174. The second kappa shape index (κ2) is 5.16. The first-order chi connectivity index (χ1) is 8.81. The molecule has 1 saturated heterocycles. The van der Waals surface area contributed by atoms with Gasteiger partial charge in [0.25, 0.3) is 0 Å². The molecule has 3 rings (SSSR count). The van der Waals surface area contributed by atoms with Crippen molar-refractivity contribution in [2.45, 2.75) is 25.4 Å². The zero-order valence-corrected chi connectivity index (χ0v) is 10.8. The van der Waals surface area contributed by atoms with Gasteiger partial charge in [0.1, 0.15) is 0 Å². The molecule has 0 aromatic heterocycles. The van der Waals surface area contributed by atoms with E-state index < -0.39 is 0 Å². The number of nitrogens with one attached hydrogen (secondary N) is 1. The molecule has 0 saturated carbocycles. The van der Waals surface area contributed by atoms with E-state index in [9.17, 15) is 0 Å². The SMILES string of the molecule is CN(Cc1ccc2c(c1)OCO2)CC1CCCN1. The lowest BCUT2D eigenvalue weighted by Gasteiger charge is -2.21. The Labute approximate surface area is 108 Å². The molecule has 98 valence electrons. The van der Waals surface area contributed by atoms with Gasteiger partial charge in [0.15, 0.2) is 11.5 Å². The van der Waals surface area contributed by atoms with Crippen molar-refractivity contribution in [3.05, 3.63) is 23.8 Å². The van der Waals surface area contributed by atoms with E-state index in [-0.39, 0.29) is 0 Å². The molecule has 1 N–H and O–H groups in total. The zero-order chi connectivity index (χ0) is 12.4. The van der Waals surface area contributed by atoms with Crippen molar-refractivity contribution >= 4 is 0 Å². The number of hydrogen-bond acceptors (Lipinski definition) is 4. The molecule has 1 fully saturated rings. The van der Waals surface area contributed by atoms with E-state index in [2.05, 4.69) is 29.4 Å². The highest BCUT2D eigenvalue weighted by atomic mass is 16.7. The van der Waals surface area contributed by atoms with Crippen molar-refractivity contribution in [3.63, 3.8) is 0 Å². The largest absolute Gasteiger partial charge is 0.454 e. The minimum Gasteiger partial charge on any atom is -0.454 e. The van der Waals surface area contributed by atoms with Crippen LogP contribution in [0.15, 0.2) is 18.2 Å². The van der Waals surface area contributed by atoms with Gasteiger partial charge in [0, 0.05) is 19.1 Å². The molecule has 0 amide bonds. The van der Waals surface area contributed by atoms with Crippen LogP contribution in [0.25, 0.3) is 0 Å². The molecule has 1 aromatic rings. The minimum atomic E-state index is 0.348. The molecule has 0 radical (unpaired) electrons. The summed E-state index contributed by atoms with van der Waals surface area (Å²) in [6, 6.07) is 6.86. The number of likely N-dealkylation sites (N-methyl/N-ethyl adjacent to an activating group) is 1. The molecule has 2 aliphatic heterocycles. The van der Waals surface area contributed by atoms with Crippen molar-refractivity contribution < 1.29 is 9.47 Å². The number of fused-ring (bicyclic) bond motifs is 1. The van der Waals surface area contributed by atoms with Gasteiger partial charge in [-0.15, -0.1) is 0 Å². The van der Waals surface area contributed by atoms with E-state index in [0.717, 1.165) is 24.6 Å². The average molecular weight is 248 g/mol. The van der Waals surface area contributed by atoms with Gasteiger partial charge >= 0.3 is 0 Å². The van der Waals surface area contributed by atoms with Crippen LogP contribution in [-0.2, 0) is 6.54 Å². The third-order valence-corrected chi connectivity index (χ3v) is 3.58. The molecule has 4 nitrogen and oxygen atoms in total. The van der Waals surface area contributed by atoms with E-state index in [0.29, 0.717) is 12.8 Å². The van der Waals surface area contributed by atoms with E-state index in [1.807, 2.05) is 6.07 Å². The lowest BCUT2D eigenvalue weighted by Crippen LogP contribution is -2.34. The molecule has 1 atom stereocenters.